The molecule has 1 atom stereocenters. The van der Waals surface area contributed by atoms with Crippen LogP contribution >= 0.6 is 38.9 Å². The molecule has 0 radical (unpaired) electrons. The van der Waals surface area contributed by atoms with Crippen LogP contribution in [-0.2, 0) is 4.74 Å². The Balaban J connectivity index is 1.72. The van der Waals surface area contributed by atoms with Crippen molar-refractivity contribution in [2.24, 2.45) is 0 Å². The van der Waals surface area contributed by atoms with E-state index in [-0.39, 0.29) is 23.5 Å². The lowest BCUT2D eigenvalue weighted by atomic mass is 10.2. The predicted molar refractivity (Wildman–Crippen MR) is 145 cm³/mol. The van der Waals surface area contributed by atoms with Gasteiger partial charge in [-0.1, -0.05) is 22.9 Å². The molecule has 1 amide bonds. The Morgan fingerprint density at radius 3 is 2.51 bits per heavy atom. The maximum Gasteiger partial charge on any atom is 0.408 e. The Morgan fingerprint density at radius 1 is 1.19 bits per heavy atom. The van der Waals surface area contributed by atoms with Crippen LogP contribution in [0.4, 0.5) is 9.18 Å². The maximum absolute atomic E-state index is 14.9. The molecule has 3 rings (SSSR count). The zero-order chi connectivity index (χ0) is 27.3. The van der Waals surface area contributed by atoms with E-state index in [1.165, 1.54) is 23.5 Å². The smallest absolute Gasteiger partial charge is 0.408 e. The molecule has 0 aliphatic carbocycles. The molecule has 1 aromatic heterocycles. The van der Waals surface area contributed by atoms with Crippen LogP contribution in [0.15, 0.2) is 34.8 Å². The number of benzene rings is 2. The molecule has 2 N–H and O–H groups in total. The van der Waals surface area contributed by atoms with Gasteiger partial charge in [-0.25, -0.2) is 9.18 Å². The standard InChI is InChI=1S/C25H28BrClFN3O5S/c1-13(2)35-20-7-6-14(8-17(20)26)22-30-31-23(37-22)16-9-19(28)21(10-18(16)27)34-12-15(11-32)29-24(33)36-25(3,4)5/h6-10,13,15,32H,11-12H2,1-5H3,(H,29,33). The van der Waals surface area contributed by atoms with Gasteiger partial charge in [-0.3, -0.25) is 0 Å². The SMILES string of the molecule is CC(C)Oc1ccc(-c2nnc(-c3cc(F)c(OCC(CO)NC(=O)OC(C)(C)C)cc3Cl)s2)cc1Br. The summed E-state index contributed by atoms with van der Waals surface area (Å²) in [5.41, 5.74) is 0.475. The van der Waals surface area contributed by atoms with E-state index in [4.69, 9.17) is 25.8 Å². The van der Waals surface area contributed by atoms with Crippen LogP contribution in [0.1, 0.15) is 34.6 Å². The molecule has 200 valence electrons. The van der Waals surface area contributed by atoms with Crippen molar-refractivity contribution >= 4 is 45.0 Å². The van der Waals surface area contributed by atoms with Crippen molar-refractivity contribution in [3.05, 3.63) is 45.6 Å². The van der Waals surface area contributed by atoms with E-state index in [9.17, 15) is 14.3 Å². The van der Waals surface area contributed by atoms with Gasteiger partial charge < -0.3 is 24.6 Å². The number of aliphatic hydroxyl groups excluding tert-OH is 1. The minimum absolute atomic E-state index is 0.0371. The summed E-state index contributed by atoms with van der Waals surface area (Å²) < 4.78 is 32.0. The highest BCUT2D eigenvalue weighted by atomic mass is 79.9. The monoisotopic (exact) mass is 615 g/mol. The van der Waals surface area contributed by atoms with Crippen molar-refractivity contribution in [2.45, 2.75) is 52.4 Å². The number of hydrogen-bond donors (Lipinski definition) is 2. The average molecular weight is 617 g/mol. The molecule has 0 bridgehead atoms. The Kier molecular flexibility index (Phi) is 9.74. The molecular formula is C25H28BrClFN3O5S. The Bertz CT molecular complexity index is 1250. The van der Waals surface area contributed by atoms with Crippen LogP contribution in [0, 0.1) is 5.82 Å². The van der Waals surface area contributed by atoms with Gasteiger partial charge in [0.05, 0.1) is 28.2 Å². The summed E-state index contributed by atoms with van der Waals surface area (Å²) in [6, 6.07) is 7.32. The fourth-order valence-electron chi connectivity index (χ4n) is 3.04. The lowest BCUT2D eigenvalue weighted by molar-refractivity contribution is 0.0457. The molecule has 1 heterocycles. The van der Waals surface area contributed by atoms with Crippen molar-refractivity contribution in [3.8, 4) is 32.6 Å². The highest BCUT2D eigenvalue weighted by Crippen LogP contribution is 2.38. The molecule has 0 aliphatic rings. The molecule has 0 saturated carbocycles. The summed E-state index contributed by atoms with van der Waals surface area (Å²) >= 11 is 11.2. The number of nitrogens with one attached hydrogen (secondary N) is 1. The van der Waals surface area contributed by atoms with E-state index in [0.717, 1.165) is 10.0 Å². The minimum atomic E-state index is -0.810. The van der Waals surface area contributed by atoms with E-state index < -0.39 is 30.2 Å². The number of aromatic nitrogens is 2. The van der Waals surface area contributed by atoms with Gasteiger partial charge in [0.25, 0.3) is 0 Å². The third-order valence-electron chi connectivity index (χ3n) is 4.60. The second-order valence-corrected chi connectivity index (χ2v) is 11.6. The number of hydrogen-bond acceptors (Lipinski definition) is 8. The number of amides is 1. The third-order valence-corrected chi connectivity index (χ3v) is 6.54. The van der Waals surface area contributed by atoms with Gasteiger partial charge in [0, 0.05) is 17.2 Å². The molecule has 3 aromatic rings. The molecule has 0 saturated heterocycles. The van der Waals surface area contributed by atoms with Gasteiger partial charge in [0.15, 0.2) is 11.6 Å². The summed E-state index contributed by atoms with van der Waals surface area (Å²) in [5, 5.41) is 21.7. The molecule has 0 aliphatic heterocycles. The van der Waals surface area contributed by atoms with Gasteiger partial charge in [0.1, 0.15) is 28.0 Å². The molecular weight excluding hydrogens is 589 g/mol. The van der Waals surface area contributed by atoms with E-state index in [1.54, 1.807) is 20.8 Å². The predicted octanol–water partition coefficient (Wildman–Crippen LogP) is 6.48. The maximum atomic E-state index is 14.9. The first-order chi connectivity index (χ1) is 17.4. The Morgan fingerprint density at radius 2 is 1.89 bits per heavy atom. The highest BCUT2D eigenvalue weighted by molar-refractivity contribution is 9.10. The van der Waals surface area contributed by atoms with Gasteiger partial charge in [-0.05, 0) is 74.8 Å². The van der Waals surface area contributed by atoms with E-state index >= 15 is 0 Å². The molecule has 12 heteroatoms. The summed E-state index contributed by atoms with van der Waals surface area (Å²) in [5.74, 6) is -0.0930. The van der Waals surface area contributed by atoms with E-state index in [0.29, 0.717) is 21.3 Å². The number of ether oxygens (including phenoxy) is 3. The van der Waals surface area contributed by atoms with Gasteiger partial charge >= 0.3 is 6.09 Å². The van der Waals surface area contributed by atoms with E-state index in [2.05, 4.69) is 31.4 Å². The minimum Gasteiger partial charge on any atom is -0.490 e. The topological polar surface area (TPSA) is 103 Å². The van der Waals surface area contributed by atoms with Crippen molar-refractivity contribution in [1.82, 2.24) is 15.5 Å². The quantitative estimate of drug-likeness (QED) is 0.284. The summed E-state index contributed by atoms with van der Waals surface area (Å²) in [6.07, 6.45) is -0.680. The summed E-state index contributed by atoms with van der Waals surface area (Å²) in [6.45, 7) is 8.42. The van der Waals surface area contributed by atoms with E-state index in [1.807, 2.05) is 32.0 Å². The average Bonchev–Trinajstić information content (AvgIpc) is 3.28. The number of carbonyl (C=O) groups excluding carboxylic acids is 1. The number of aliphatic hydroxyl groups is 1. The van der Waals surface area contributed by atoms with Crippen LogP contribution in [0.2, 0.25) is 5.02 Å². The Labute approximate surface area is 232 Å². The Hall–Kier alpha value is -2.47. The van der Waals surface area contributed by atoms with Gasteiger partial charge in [-0.2, -0.15) is 0 Å². The zero-order valence-electron chi connectivity index (χ0n) is 21.0. The number of halogens is 3. The first-order valence-corrected chi connectivity index (χ1v) is 13.4. The first-order valence-electron chi connectivity index (χ1n) is 11.4. The van der Waals surface area contributed by atoms with Crippen LogP contribution in [0.25, 0.3) is 21.1 Å². The fourth-order valence-corrected chi connectivity index (χ4v) is 4.68. The molecule has 8 nitrogen and oxygen atoms in total. The van der Waals surface area contributed by atoms with Gasteiger partial charge in [-0.15, -0.1) is 10.2 Å². The lowest BCUT2D eigenvalue weighted by Crippen LogP contribution is -2.44. The molecule has 0 fully saturated rings. The van der Waals surface area contributed by atoms with Gasteiger partial charge in [0.2, 0.25) is 0 Å². The van der Waals surface area contributed by atoms with Crippen LogP contribution < -0.4 is 14.8 Å². The van der Waals surface area contributed by atoms with Crippen LogP contribution in [-0.4, -0.2) is 52.4 Å². The van der Waals surface area contributed by atoms with Crippen molar-refractivity contribution in [2.75, 3.05) is 13.2 Å². The van der Waals surface area contributed by atoms with Crippen LogP contribution in [0.5, 0.6) is 11.5 Å². The molecule has 1 unspecified atom stereocenters. The number of carbonyl (C=O) groups is 1. The largest absolute Gasteiger partial charge is 0.490 e. The van der Waals surface area contributed by atoms with Crippen molar-refractivity contribution in [3.63, 3.8) is 0 Å². The van der Waals surface area contributed by atoms with Crippen molar-refractivity contribution < 1.29 is 28.5 Å². The second kappa shape index (κ2) is 12.4. The molecule has 2 aromatic carbocycles. The third kappa shape index (κ3) is 8.26. The summed E-state index contributed by atoms with van der Waals surface area (Å²) in [4.78, 5) is 11.9. The fraction of sp³-hybridized carbons (Fsp3) is 0.400. The zero-order valence-corrected chi connectivity index (χ0v) is 24.1. The number of rotatable bonds is 9. The normalized spacial score (nSPS) is 12.4. The summed E-state index contributed by atoms with van der Waals surface area (Å²) in [7, 11) is 0. The first kappa shape index (κ1) is 29.1. The molecule has 37 heavy (non-hydrogen) atoms. The van der Waals surface area contributed by atoms with Crippen LogP contribution in [0.3, 0.4) is 0 Å². The highest BCUT2D eigenvalue weighted by Gasteiger charge is 2.21. The number of alkyl carbamates (subject to hydrolysis) is 1. The van der Waals surface area contributed by atoms with Crippen molar-refractivity contribution in [1.29, 1.82) is 0 Å². The number of nitrogens with zero attached hydrogens (tertiary/aromatic N) is 2. The molecule has 0 spiro atoms. The second-order valence-electron chi connectivity index (χ2n) is 9.32. The lowest BCUT2D eigenvalue weighted by Gasteiger charge is -2.23.